The zero-order valence-corrected chi connectivity index (χ0v) is 12.8. The fourth-order valence-electron chi connectivity index (χ4n) is 3.54. The minimum atomic E-state index is -1.01. The number of amides is 1. The van der Waals surface area contributed by atoms with Crippen molar-refractivity contribution in [3.63, 3.8) is 0 Å². The summed E-state index contributed by atoms with van der Waals surface area (Å²) in [6, 6.07) is -0.0838. The monoisotopic (exact) mass is 269 g/mol. The largest absolute Gasteiger partial charge is 0.479 e. The topological polar surface area (TPSA) is 57.6 Å². The van der Waals surface area contributed by atoms with Gasteiger partial charge in [0.05, 0.1) is 0 Å². The second kappa shape index (κ2) is 5.93. The molecule has 1 aliphatic carbocycles. The zero-order valence-electron chi connectivity index (χ0n) is 12.8. The van der Waals surface area contributed by atoms with Gasteiger partial charge in [-0.1, -0.05) is 20.3 Å². The highest BCUT2D eigenvalue weighted by molar-refractivity contribution is 5.86. The number of hydrogen-bond donors (Lipinski definition) is 1. The molecule has 19 heavy (non-hydrogen) atoms. The molecule has 0 bridgehead atoms. The van der Waals surface area contributed by atoms with Crippen LogP contribution in [0.3, 0.4) is 0 Å². The van der Waals surface area contributed by atoms with Gasteiger partial charge < -0.3 is 10.0 Å². The molecule has 1 amide bonds. The second-order valence-corrected chi connectivity index (χ2v) is 6.42. The van der Waals surface area contributed by atoms with E-state index < -0.39 is 11.5 Å². The van der Waals surface area contributed by atoms with Gasteiger partial charge in [0.25, 0.3) is 0 Å². The molecule has 0 saturated heterocycles. The summed E-state index contributed by atoms with van der Waals surface area (Å²) >= 11 is 0. The van der Waals surface area contributed by atoms with Crippen LogP contribution in [0.2, 0.25) is 0 Å². The van der Waals surface area contributed by atoms with Crippen LogP contribution in [0.15, 0.2) is 0 Å². The lowest BCUT2D eigenvalue weighted by atomic mass is 9.70. The number of aliphatic carboxylic acids is 1. The zero-order chi connectivity index (χ0) is 14.8. The van der Waals surface area contributed by atoms with Crippen molar-refractivity contribution in [2.24, 2.45) is 11.8 Å². The first-order valence-corrected chi connectivity index (χ1v) is 7.25. The molecule has 0 spiro atoms. The van der Waals surface area contributed by atoms with E-state index in [0.717, 1.165) is 12.8 Å². The van der Waals surface area contributed by atoms with Crippen LogP contribution in [0.25, 0.3) is 0 Å². The lowest BCUT2D eigenvalue weighted by molar-refractivity contribution is -0.165. The number of nitrogens with zero attached hydrogens (tertiary/aromatic N) is 1. The van der Waals surface area contributed by atoms with E-state index in [-0.39, 0.29) is 11.9 Å². The molecule has 0 aliphatic heterocycles. The summed E-state index contributed by atoms with van der Waals surface area (Å²) in [6.07, 6.45) is 3.10. The Balaban J connectivity index is 3.15. The summed E-state index contributed by atoms with van der Waals surface area (Å²) < 4.78 is 0. The van der Waals surface area contributed by atoms with Gasteiger partial charge >= 0.3 is 5.97 Å². The molecule has 0 aromatic rings. The first-order chi connectivity index (χ1) is 8.72. The summed E-state index contributed by atoms with van der Waals surface area (Å²) in [5.74, 6) is -0.144. The van der Waals surface area contributed by atoms with Crippen LogP contribution in [0.5, 0.6) is 0 Å². The van der Waals surface area contributed by atoms with E-state index in [4.69, 9.17) is 0 Å². The van der Waals surface area contributed by atoms with E-state index in [1.807, 2.05) is 13.8 Å². The Bertz CT molecular complexity index is 351. The minimum Gasteiger partial charge on any atom is -0.479 e. The molecule has 4 nitrogen and oxygen atoms in total. The molecule has 1 aliphatic rings. The molecular formula is C15H27NO3. The third kappa shape index (κ3) is 3.10. The van der Waals surface area contributed by atoms with Crippen LogP contribution in [0.1, 0.15) is 60.3 Å². The highest BCUT2D eigenvalue weighted by Crippen LogP contribution is 2.41. The van der Waals surface area contributed by atoms with E-state index in [1.165, 1.54) is 6.92 Å². The van der Waals surface area contributed by atoms with Crippen molar-refractivity contribution in [3.8, 4) is 0 Å². The number of carboxylic acid groups (broad SMARTS) is 1. The van der Waals surface area contributed by atoms with Gasteiger partial charge in [0.2, 0.25) is 5.91 Å². The molecule has 2 unspecified atom stereocenters. The predicted molar refractivity (Wildman–Crippen MR) is 74.8 cm³/mol. The van der Waals surface area contributed by atoms with Gasteiger partial charge in [-0.3, -0.25) is 4.79 Å². The van der Waals surface area contributed by atoms with Gasteiger partial charge in [0.15, 0.2) is 0 Å². The molecule has 4 heteroatoms. The molecule has 1 fully saturated rings. The van der Waals surface area contributed by atoms with Crippen LogP contribution in [0, 0.1) is 11.8 Å². The Morgan fingerprint density at radius 2 is 1.84 bits per heavy atom. The minimum absolute atomic E-state index is 0.0838. The van der Waals surface area contributed by atoms with Gasteiger partial charge in [-0.25, -0.2) is 4.79 Å². The van der Waals surface area contributed by atoms with Crippen molar-refractivity contribution in [2.45, 2.75) is 71.9 Å². The molecule has 0 radical (unpaired) electrons. The van der Waals surface area contributed by atoms with Crippen LogP contribution < -0.4 is 0 Å². The van der Waals surface area contributed by atoms with Crippen LogP contribution in [0.4, 0.5) is 0 Å². The average molecular weight is 269 g/mol. The smallest absolute Gasteiger partial charge is 0.329 e. The van der Waals surface area contributed by atoms with E-state index in [1.54, 1.807) is 4.90 Å². The lowest BCUT2D eigenvalue weighted by Gasteiger charge is -2.48. The van der Waals surface area contributed by atoms with Crippen LogP contribution >= 0.6 is 0 Å². The van der Waals surface area contributed by atoms with Gasteiger partial charge in [0.1, 0.15) is 5.54 Å². The number of rotatable bonds is 4. The second-order valence-electron chi connectivity index (χ2n) is 6.42. The molecule has 2 atom stereocenters. The van der Waals surface area contributed by atoms with Crippen molar-refractivity contribution < 1.29 is 14.7 Å². The predicted octanol–water partition coefficient (Wildman–Crippen LogP) is 2.91. The van der Waals surface area contributed by atoms with Gasteiger partial charge in [0, 0.05) is 13.0 Å². The summed E-state index contributed by atoms with van der Waals surface area (Å²) in [4.78, 5) is 25.4. The Morgan fingerprint density at radius 3 is 2.21 bits per heavy atom. The van der Waals surface area contributed by atoms with Gasteiger partial charge in [-0.2, -0.15) is 0 Å². The molecule has 1 saturated carbocycles. The van der Waals surface area contributed by atoms with Crippen molar-refractivity contribution in [1.82, 2.24) is 4.90 Å². The van der Waals surface area contributed by atoms with Crippen LogP contribution in [-0.2, 0) is 9.59 Å². The fraction of sp³-hybridized carbons (Fsp3) is 0.867. The maximum Gasteiger partial charge on any atom is 0.329 e. The first kappa shape index (κ1) is 16.0. The standard InChI is InChI=1S/C15H27NO3/c1-10(2)13-7-6-8-15(9-13,14(18)19)16(11(3)4)12(5)17/h10-11,13H,6-9H2,1-5H3,(H,18,19). The molecule has 0 heterocycles. The Kier molecular flexibility index (Phi) is 4.99. The number of carbonyl (C=O) groups excluding carboxylic acids is 1. The highest BCUT2D eigenvalue weighted by Gasteiger charge is 2.50. The number of carbonyl (C=O) groups is 2. The van der Waals surface area contributed by atoms with Gasteiger partial charge in [-0.05, 0) is 44.9 Å². The number of carboxylic acids is 1. The quantitative estimate of drug-likeness (QED) is 0.853. The highest BCUT2D eigenvalue weighted by atomic mass is 16.4. The van der Waals surface area contributed by atoms with E-state index in [9.17, 15) is 14.7 Å². The van der Waals surface area contributed by atoms with Crippen molar-refractivity contribution in [3.05, 3.63) is 0 Å². The maximum absolute atomic E-state index is 11.9. The summed E-state index contributed by atoms with van der Waals surface area (Å²) in [6.45, 7) is 9.53. The molecule has 1 rings (SSSR count). The maximum atomic E-state index is 11.9. The normalized spacial score (nSPS) is 27.6. The summed E-state index contributed by atoms with van der Waals surface area (Å²) in [5, 5.41) is 9.76. The van der Waals surface area contributed by atoms with Crippen molar-refractivity contribution in [1.29, 1.82) is 0 Å². The van der Waals surface area contributed by atoms with Crippen molar-refractivity contribution in [2.75, 3.05) is 0 Å². The van der Waals surface area contributed by atoms with E-state index in [0.29, 0.717) is 24.7 Å². The Labute approximate surface area is 116 Å². The molecule has 110 valence electrons. The molecule has 1 N–H and O–H groups in total. The summed E-state index contributed by atoms with van der Waals surface area (Å²) in [5.41, 5.74) is -1.01. The van der Waals surface area contributed by atoms with E-state index in [2.05, 4.69) is 13.8 Å². The van der Waals surface area contributed by atoms with Crippen LogP contribution in [-0.4, -0.2) is 33.5 Å². The Morgan fingerprint density at radius 1 is 1.26 bits per heavy atom. The third-order valence-corrected chi connectivity index (χ3v) is 4.42. The third-order valence-electron chi connectivity index (χ3n) is 4.42. The number of hydrogen-bond acceptors (Lipinski definition) is 2. The molecule has 0 aromatic carbocycles. The SMILES string of the molecule is CC(=O)N(C(C)C)C1(C(=O)O)CCCC(C(C)C)C1. The lowest BCUT2D eigenvalue weighted by Crippen LogP contribution is -2.61. The van der Waals surface area contributed by atoms with E-state index >= 15 is 0 Å². The summed E-state index contributed by atoms with van der Waals surface area (Å²) in [7, 11) is 0. The van der Waals surface area contributed by atoms with Gasteiger partial charge in [-0.15, -0.1) is 0 Å². The van der Waals surface area contributed by atoms with Crippen molar-refractivity contribution >= 4 is 11.9 Å². The fourth-order valence-corrected chi connectivity index (χ4v) is 3.54. The average Bonchev–Trinajstić information content (AvgIpc) is 2.27. The molecule has 0 aromatic heterocycles. The Hall–Kier alpha value is -1.06. The molecular weight excluding hydrogens is 242 g/mol. The first-order valence-electron chi connectivity index (χ1n) is 7.25.